The molecule has 2 atom stereocenters. The van der Waals surface area contributed by atoms with Crippen molar-refractivity contribution in [1.82, 2.24) is 5.32 Å². The molecule has 0 amide bonds. The van der Waals surface area contributed by atoms with Crippen molar-refractivity contribution in [1.29, 1.82) is 0 Å². The smallest absolute Gasteiger partial charge is 0.269 e. The summed E-state index contributed by atoms with van der Waals surface area (Å²) in [7, 11) is 0. The van der Waals surface area contributed by atoms with Gasteiger partial charge in [0.05, 0.1) is 23.7 Å². The van der Waals surface area contributed by atoms with Crippen LogP contribution in [0.4, 0.5) is 5.69 Å². The summed E-state index contributed by atoms with van der Waals surface area (Å²) in [6.07, 6.45) is -0.950. The molecule has 0 aliphatic carbocycles. The Bertz CT molecular complexity index is 632. The van der Waals surface area contributed by atoms with Crippen molar-refractivity contribution < 1.29 is 15.1 Å². The number of benzene rings is 1. The average molecular weight is 387 g/mol. The van der Waals surface area contributed by atoms with Gasteiger partial charge in [-0.25, -0.2) is 0 Å². The topological polar surface area (TPSA) is 95.6 Å². The predicted octanol–water partition coefficient (Wildman–Crippen LogP) is 2.60. The maximum absolute atomic E-state index is 10.6. The zero-order chi connectivity index (χ0) is 16.1. The molecule has 1 aromatic heterocycles. The van der Waals surface area contributed by atoms with Crippen LogP contribution in [0.15, 0.2) is 40.2 Å². The number of hydrogen-bond acceptors (Lipinski definition) is 6. The molecule has 2 aromatic rings. The summed E-state index contributed by atoms with van der Waals surface area (Å²) >= 11 is 4.94. The molecule has 0 radical (unpaired) electrons. The van der Waals surface area contributed by atoms with Crippen LogP contribution in [0.5, 0.6) is 0 Å². The van der Waals surface area contributed by atoms with E-state index in [0.717, 1.165) is 9.35 Å². The Kier molecular flexibility index (Phi) is 6.04. The number of nitro benzene ring substituents is 1. The molecular weight excluding hydrogens is 372 g/mol. The van der Waals surface area contributed by atoms with Gasteiger partial charge in [0, 0.05) is 33.4 Å². The van der Waals surface area contributed by atoms with E-state index in [1.54, 1.807) is 11.3 Å². The molecule has 0 saturated heterocycles. The molecule has 1 aromatic carbocycles. The lowest BCUT2D eigenvalue weighted by molar-refractivity contribution is -0.384. The van der Waals surface area contributed by atoms with Crippen LogP contribution in [0.1, 0.15) is 16.5 Å². The number of thiophene rings is 1. The van der Waals surface area contributed by atoms with E-state index < -0.39 is 17.1 Å². The monoisotopic (exact) mass is 386 g/mol. The number of halogens is 1. The molecule has 6 nitrogen and oxygen atoms in total. The molecule has 0 bridgehead atoms. The standard InChI is InChI=1S/C14H15BrN2O4S/c15-10-5-12(22-8-10)6-16-13(7-18)14(19)9-1-3-11(4-2-9)17(20)21/h1-5,8,13-14,16,18-19H,6-7H2/t13-,14+/m0/s1. The number of aliphatic hydroxyl groups excluding tert-OH is 2. The molecule has 0 spiro atoms. The van der Waals surface area contributed by atoms with Crippen LogP contribution in [0.3, 0.4) is 0 Å². The Morgan fingerprint density at radius 1 is 1.36 bits per heavy atom. The van der Waals surface area contributed by atoms with Crippen molar-refractivity contribution in [3.8, 4) is 0 Å². The van der Waals surface area contributed by atoms with Gasteiger partial charge < -0.3 is 15.5 Å². The van der Waals surface area contributed by atoms with E-state index in [1.807, 2.05) is 11.4 Å². The number of hydrogen-bond donors (Lipinski definition) is 3. The van der Waals surface area contributed by atoms with Crippen LogP contribution in [0, 0.1) is 10.1 Å². The van der Waals surface area contributed by atoms with Gasteiger partial charge in [-0.3, -0.25) is 10.1 Å². The lowest BCUT2D eigenvalue weighted by Gasteiger charge is -2.22. The van der Waals surface area contributed by atoms with E-state index in [4.69, 9.17) is 0 Å². The number of non-ortho nitro benzene ring substituents is 1. The van der Waals surface area contributed by atoms with Crippen LogP contribution >= 0.6 is 27.3 Å². The van der Waals surface area contributed by atoms with Crippen LogP contribution in [0.2, 0.25) is 0 Å². The van der Waals surface area contributed by atoms with Crippen molar-refractivity contribution in [3.63, 3.8) is 0 Å². The quantitative estimate of drug-likeness (QED) is 0.502. The molecule has 0 saturated carbocycles. The minimum atomic E-state index is -0.950. The number of nitrogens with one attached hydrogen (secondary N) is 1. The molecule has 8 heteroatoms. The largest absolute Gasteiger partial charge is 0.395 e. The second-order valence-corrected chi connectivity index (χ2v) is 6.61. The Hall–Kier alpha value is -1.32. The summed E-state index contributed by atoms with van der Waals surface area (Å²) < 4.78 is 0.991. The Labute approximate surface area is 139 Å². The first kappa shape index (κ1) is 17.0. The third-order valence-electron chi connectivity index (χ3n) is 3.18. The van der Waals surface area contributed by atoms with Gasteiger partial charge in [0.15, 0.2) is 0 Å². The molecule has 0 unspecified atom stereocenters. The number of nitro groups is 1. The van der Waals surface area contributed by atoms with Gasteiger partial charge in [0.2, 0.25) is 0 Å². The number of aliphatic hydroxyl groups is 2. The third kappa shape index (κ3) is 4.34. The fraction of sp³-hybridized carbons (Fsp3) is 0.286. The second-order valence-electron chi connectivity index (χ2n) is 4.69. The molecule has 118 valence electrons. The predicted molar refractivity (Wildman–Crippen MR) is 87.8 cm³/mol. The maximum Gasteiger partial charge on any atom is 0.269 e. The maximum atomic E-state index is 10.6. The van der Waals surface area contributed by atoms with Gasteiger partial charge >= 0.3 is 0 Å². The number of rotatable bonds is 7. The van der Waals surface area contributed by atoms with Crippen molar-refractivity contribution in [3.05, 3.63) is 60.7 Å². The lowest BCUT2D eigenvalue weighted by atomic mass is 10.0. The molecule has 3 N–H and O–H groups in total. The molecule has 2 rings (SSSR count). The van der Waals surface area contributed by atoms with Gasteiger partial charge in [-0.15, -0.1) is 11.3 Å². The average Bonchev–Trinajstić information content (AvgIpc) is 2.93. The first-order valence-electron chi connectivity index (χ1n) is 6.51. The Balaban J connectivity index is 2.01. The minimum Gasteiger partial charge on any atom is -0.395 e. The fourth-order valence-electron chi connectivity index (χ4n) is 1.98. The first-order valence-corrected chi connectivity index (χ1v) is 8.18. The van der Waals surface area contributed by atoms with Gasteiger partial charge in [-0.1, -0.05) is 0 Å². The molecule has 0 aliphatic heterocycles. The molecule has 1 heterocycles. The summed E-state index contributed by atoms with van der Waals surface area (Å²) in [5.41, 5.74) is 0.484. The molecular formula is C14H15BrN2O4S. The summed E-state index contributed by atoms with van der Waals surface area (Å²) in [6.45, 7) is 0.274. The fourth-order valence-corrected chi connectivity index (χ4v) is 3.38. The molecule has 0 aliphatic rings. The SMILES string of the molecule is O=[N+]([O-])c1ccc([C@@H](O)[C@H](CO)NCc2cc(Br)cs2)cc1. The van der Waals surface area contributed by atoms with Gasteiger partial charge in [0.1, 0.15) is 0 Å². The van der Waals surface area contributed by atoms with Crippen LogP contribution in [-0.4, -0.2) is 27.8 Å². The van der Waals surface area contributed by atoms with E-state index >= 15 is 0 Å². The Morgan fingerprint density at radius 3 is 2.55 bits per heavy atom. The summed E-state index contributed by atoms with van der Waals surface area (Å²) in [6, 6.07) is 7.07. The van der Waals surface area contributed by atoms with E-state index in [1.165, 1.54) is 24.3 Å². The Morgan fingerprint density at radius 2 is 2.05 bits per heavy atom. The normalized spacial score (nSPS) is 13.8. The van der Waals surface area contributed by atoms with Crippen molar-refractivity contribution >= 4 is 33.0 Å². The summed E-state index contributed by atoms with van der Waals surface area (Å²) in [5, 5.41) is 35.4. The second kappa shape index (κ2) is 7.80. The van der Waals surface area contributed by atoms with Crippen molar-refractivity contribution in [2.75, 3.05) is 6.61 Å². The summed E-state index contributed by atoms with van der Waals surface area (Å²) in [4.78, 5) is 11.2. The summed E-state index contributed by atoms with van der Waals surface area (Å²) in [5.74, 6) is 0. The van der Waals surface area contributed by atoms with Crippen LogP contribution in [0.25, 0.3) is 0 Å². The van der Waals surface area contributed by atoms with Gasteiger partial charge in [0.25, 0.3) is 5.69 Å². The van der Waals surface area contributed by atoms with E-state index in [9.17, 15) is 20.3 Å². The highest BCUT2D eigenvalue weighted by Crippen LogP contribution is 2.22. The lowest BCUT2D eigenvalue weighted by Crippen LogP contribution is -2.37. The van der Waals surface area contributed by atoms with Gasteiger partial charge in [-0.2, -0.15) is 0 Å². The third-order valence-corrected chi connectivity index (χ3v) is 4.88. The zero-order valence-corrected chi connectivity index (χ0v) is 13.9. The van der Waals surface area contributed by atoms with Crippen molar-refractivity contribution in [2.45, 2.75) is 18.7 Å². The first-order chi connectivity index (χ1) is 10.5. The number of nitrogens with zero attached hydrogens (tertiary/aromatic N) is 1. The zero-order valence-electron chi connectivity index (χ0n) is 11.5. The minimum absolute atomic E-state index is 0.0344. The van der Waals surface area contributed by atoms with Crippen molar-refractivity contribution in [2.24, 2.45) is 0 Å². The van der Waals surface area contributed by atoms with Crippen LogP contribution < -0.4 is 5.32 Å². The van der Waals surface area contributed by atoms with E-state index in [2.05, 4.69) is 21.2 Å². The molecule has 22 heavy (non-hydrogen) atoms. The van der Waals surface area contributed by atoms with Gasteiger partial charge in [-0.05, 0) is 39.7 Å². The van der Waals surface area contributed by atoms with E-state index in [0.29, 0.717) is 12.1 Å². The molecule has 0 fully saturated rings. The highest BCUT2D eigenvalue weighted by Gasteiger charge is 2.20. The highest BCUT2D eigenvalue weighted by molar-refractivity contribution is 9.10. The van der Waals surface area contributed by atoms with Crippen LogP contribution in [-0.2, 0) is 6.54 Å². The highest BCUT2D eigenvalue weighted by atomic mass is 79.9. The van der Waals surface area contributed by atoms with E-state index in [-0.39, 0.29) is 12.3 Å².